The van der Waals surface area contributed by atoms with Crippen LogP contribution in [0.1, 0.15) is 10.5 Å². The largest absolute Gasteiger partial charge is 0.477 e. The molecule has 2 heterocycles. The number of anilines is 1. The molecule has 0 aromatic carbocycles. The minimum Gasteiger partial charge on any atom is -0.477 e. The first-order valence-electron chi connectivity index (χ1n) is 3.92. The Morgan fingerprint density at radius 2 is 2.21 bits per heavy atom. The van der Waals surface area contributed by atoms with Crippen molar-refractivity contribution in [2.24, 2.45) is 0 Å². The fraction of sp³-hybridized carbons (Fsp3) is 0. The molecular formula is C9H7N3O2. The Balaban J connectivity index is 2.67. The fourth-order valence-electron chi connectivity index (χ4n) is 1.15. The number of nitrogen functional groups attached to an aromatic ring is 1. The average Bonchev–Trinajstić information content (AvgIpc) is 2.16. The molecule has 0 aliphatic rings. The standard InChI is InChI=1S/C9H7N3O2/c10-6-3-5-1-2-7(9(13)14)12-8(5)11-4-6/h1-4H,10H2,(H,13,14). The zero-order valence-corrected chi connectivity index (χ0v) is 7.14. The van der Waals surface area contributed by atoms with Gasteiger partial charge >= 0.3 is 5.97 Å². The predicted molar refractivity (Wildman–Crippen MR) is 50.9 cm³/mol. The predicted octanol–water partition coefficient (Wildman–Crippen LogP) is 0.910. The van der Waals surface area contributed by atoms with Crippen LogP contribution in [0, 0.1) is 0 Å². The summed E-state index contributed by atoms with van der Waals surface area (Å²) in [6, 6.07) is 4.75. The summed E-state index contributed by atoms with van der Waals surface area (Å²) in [6.07, 6.45) is 1.45. The highest BCUT2D eigenvalue weighted by molar-refractivity contribution is 5.89. The summed E-state index contributed by atoms with van der Waals surface area (Å²) in [6.45, 7) is 0. The Labute approximate surface area is 79.2 Å². The summed E-state index contributed by atoms with van der Waals surface area (Å²) in [5, 5.41) is 9.42. The molecule has 0 saturated heterocycles. The number of carboxylic acids is 1. The second-order valence-corrected chi connectivity index (χ2v) is 2.82. The zero-order chi connectivity index (χ0) is 10.1. The average molecular weight is 189 g/mol. The molecule has 2 rings (SSSR count). The smallest absolute Gasteiger partial charge is 0.354 e. The maximum absolute atomic E-state index is 10.6. The number of carbonyl (C=O) groups is 1. The second-order valence-electron chi connectivity index (χ2n) is 2.82. The second kappa shape index (κ2) is 2.95. The van der Waals surface area contributed by atoms with Crippen LogP contribution in [-0.4, -0.2) is 21.0 Å². The van der Waals surface area contributed by atoms with E-state index in [0.29, 0.717) is 11.3 Å². The van der Waals surface area contributed by atoms with E-state index in [0.717, 1.165) is 5.39 Å². The molecule has 0 fully saturated rings. The minimum absolute atomic E-state index is 0.0187. The fourth-order valence-corrected chi connectivity index (χ4v) is 1.15. The third-order valence-electron chi connectivity index (χ3n) is 1.78. The lowest BCUT2D eigenvalue weighted by atomic mass is 10.2. The first kappa shape index (κ1) is 8.43. The van der Waals surface area contributed by atoms with Crippen LogP contribution in [0.5, 0.6) is 0 Å². The summed E-state index contributed by atoms with van der Waals surface area (Å²) in [7, 11) is 0. The van der Waals surface area contributed by atoms with Gasteiger partial charge in [0.05, 0.1) is 11.9 Å². The van der Waals surface area contributed by atoms with E-state index in [9.17, 15) is 4.79 Å². The van der Waals surface area contributed by atoms with E-state index in [1.165, 1.54) is 12.3 Å². The highest BCUT2D eigenvalue weighted by Crippen LogP contribution is 2.12. The lowest BCUT2D eigenvalue weighted by molar-refractivity contribution is 0.0691. The summed E-state index contributed by atoms with van der Waals surface area (Å²) in [5.74, 6) is -1.06. The van der Waals surface area contributed by atoms with Crippen LogP contribution >= 0.6 is 0 Å². The third-order valence-corrected chi connectivity index (χ3v) is 1.78. The Kier molecular flexibility index (Phi) is 1.78. The van der Waals surface area contributed by atoms with Gasteiger partial charge in [0.1, 0.15) is 0 Å². The van der Waals surface area contributed by atoms with Gasteiger partial charge in [0.2, 0.25) is 0 Å². The molecule has 3 N–H and O–H groups in total. The molecule has 0 bridgehead atoms. The number of nitrogens with two attached hydrogens (primary N) is 1. The van der Waals surface area contributed by atoms with Crippen molar-refractivity contribution in [1.82, 2.24) is 9.97 Å². The molecule has 0 aliphatic heterocycles. The van der Waals surface area contributed by atoms with Crippen molar-refractivity contribution < 1.29 is 9.90 Å². The van der Waals surface area contributed by atoms with E-state index >= 15 is 0 Å². The zero-order valence-electron chi connectivity index (χ0n) is 7.14. The Morgan fingerprint density at radius 3 is 2.93 bits per heavy atom. The van der Waals surface area contributed by atoms with Crippen LogP contribution in [0.2, 0.25) is 0 Å². The lowest BCUT2D eigenvalue weighted by Gasteiger charge is -1.98. The van der Waals surface area contributed by atoms with Crippen molar-refractivity contribution in [2.45, 2.75) is 0 Å². The van der Waals surface area contributed by atoms with Gasteiger partial charge in [-0.05, 0) is 18.2 Å². The minimum atomic E-state index is -1.06. The van der Waals surface area contributed by atoms with Crippen molar-refractivity contribution >= 4 is 22.7 Å². The molecule has 0 aliphatic carbocycles. The quantitative estimate of drug-likeness (QED) is 0.695. The topological polar surface area (TPSA) is 89.1 Å². The number of hydrogen-bond acceptors (Lipinski definition) is 4. The first-order valence-corrected chi connectivity index (χ1v) is 3.92. The van der Waals surface area contributed by atoms with Gasteiger partial charge in [-0.25, -0.2) is 14.8 Å². The van der Waals surface area contributed by atoms with Crippen molar-refractivity contribution in [2.75, 3.05) is 5.73 Å². The Hall–Kier alpha value is -2.17. The van der Waals surface area contributed by atoms with Gasteiger partial charge in [0, 0.05) is 5.39 Å². The summed E-state index contributed by atoms with van der Waals surface area (Å²) >= 11 is 0. The number of rotatable bonds is 1. The number of aromatic nitrogens is 2. The number of fused-ring (bicyclic) bond motifs is 1. The summed E-state index contributed by atoms with van der Waals surface area (Å²) < 4.78 is 0. The van der Waals surface area contributed by atoms with Crippen molar-refractivity contribution in [3.05, 3.63) is 30.1 Å². The van der Waals surface area contributed by atoms with E-state index in [1.807, 2.05) is 0 Å². The Bertz CT molecular complexity index is 510. The molecule has 0 saturated carbocycles. The van der Waals surface area contributed by atoms with E-state index in [4.69, 9.17) is 10.8 Å². The van der Waals surface area contributed by atoms with E-state index in [1.54, 1.807) is 12.1 Å². The normalized spacial score (nSPS) is 10.3. The van der Waals surface area contributed by atoms with E-state index < -0.39 is 5.97 Å². The van der Waals surface area contributed by atoms with Gasteiger partial charge in [-0.3, -0.25) is 0 Å². The molecule has 14 heavy (non-hydrogen) atoms. The highest BCUT2D eigenvalue weighted by atomic mass is 16.4. The van der Waals surface area contributed by atoms with Crippen LogP contribution in [0.25, 0.3) is 11.0 Å². The van der Waals surface area contributed by atoms with Crippen LogP contribution in [0.3, 0.4) is 0 Å². The first-order chi connectivity index (χ1) is 6.66. The summed E-state index contributed by atoms with van der Waals surface area (Å²) in [5.41, 5.74) is 6.41. The molecule has 0 spiro atoms. The van der Waals surface area contributed by atoms with Crippen molar-refractivity contribution in [3.8, 4) is 0 Å². The van der Waals surface area contributed by atoms with Crippen LogP contribution in [0.4, 0.5) is 5.69 Å². The number of hydrogen-bond donors (Lipinski definition) is 2. The molecule has 2 aromatic rings. The number of carboxylic acid groups (broad SMARTS) is 1. The van der Waals surface area contributed by atoms with Crippen molar-refractivity contribution in [3.63, 3.8) is 0 Å². The monoisotopic (exact) mass is 189 g/mol. The Morgan fingerprint density at radius 1 is 1.43 bits per heavy atom. The van der Waals surface area contributed by atoms with Gasteiger partial charge in [0.15, 0.2) is 11.3 Å². The van der Waals surface area contributed by atoms with Gasteiger partial charge in [-0.1, -0.05) is 0 Å². The third kappa shape index (κ3) is 1.35. The highest BCUT2D eigenvalue weighted by Gasteiger charge is 2.05. The number of pyridine rings is 2. The van der Waals surface area contributed by atoms with Gasteiger partial charge in [-0.2, -0.15) is 0 Å². The van der Waals surface area contributed by atoms with Crippen LogP contribution < -0.4 is 5.73 Å². The molecule has 5 heteroatoms. The van der Waals surface area contributed by atoms with Gasteiger partial charge < -0.3 is 10.8 Å². The van der Waals surface area contributed by atoms with Gasteiger partial charge in [-0.15, -0.1) is 0 Å². The molecule has 5 nitrogen and oxygen atoms in total. The van der Waals surface area contributed by atoms with Crippen molar-refractivity contribution in [1.29, 1.82) is 0 Å². The summed E-state index contributed by atoms with van der Waals surface area (Å²) in [4.78, 5) is 18.4. The molecule has 0 unspecified atom stereocenters. The van der Waals surface area contributed by atoms with Gasteiger partial charge in [0.25, 0.3) is 0 Å². The SMILES string of the molecule is Nc1cnc2nc(C(=O)O)ccc2c1. The molecule has 0 amide bonds. The molecule has 0 radical (unpaired) electrons. The molecule has 2 aromatic heterocycles. The maximum atomic E-state index is 10.6. The van der Waals surface area contributed by atoms with Crippen LogP contribution in [0.15, 0.2) is 24.4 Å². The molecule has 0 atom stereocenters. The number of nitrogens with zero attached hydrogens (tertiary/aromatic N) is 2. The molecular weight excluding hydrogens is 182 g/mol. The van der Waals surface area contributed by atoms with Crippen LogP contribution in [-0.2, 0) is 0 Å². The van der Waals surface area contributed by atoms with E-state index in [2.05, 4.69) is 9.97 Å². The lowest BCUT2D eigenvalue weighted by Crippen LogP contribution is -2.00. The van der Waals surface area contributed by atoms with E-state index in [-0.39, 0.29) is 5.69 Å². The molecule has 70 valence electrons. The maximum Gasteiger partial charge on any atom is 0.354 e. The number of aromatic carboxylic acids is 1.